The zero-order valence-electron chi connectivity index (χ0n) is 7.21. The van der Waals surface area contributed by atoms with Gasteiger partial charge in [-0.1, -0.05) is 19.3 Å². The summed E-state index contributed by atoms with van der Waals surface area (Å²) < 4.78 is 0. The van der Waals surface area contributed by atoms with E-state index in [1.54, 1.807) is 0 Å². The fraction of sp³-hybridized carbons (Fsp3) is 1.00. The van der Waals surface area contributed by atoms with Crippen molar-refractivity contribution < 1.29 is 5.11 Å². The smallest absolute Gasteiger partial charge is 0.0814 e. The number of aliphatic hydroxyl groups is 1. The lowest BCUT2D eigenvalue weighted by molar-refractivity contribution is -0.00595. The van der Waals surface area contributed by atoms with Gasteiger partial charge in [-0.2, -0.15) is 0 Å². The number of rotatable bonds is 1. The minimum absolute atomic E-state index is 0.312. The average molecular weight is 155 g/mol. The maximum Gasteiger partial charge on any atom is 0.0814 e. The number of hydrogen-bond acceptors (Lipinski definition) is 2. The first kappa shape index (κ1) is 7.56. The van der Waals surface area contributed by atoms with Crippen LogP contribution in [-0.2, 0) is 0 Å². The molecule has 64 valence electrons. The highest BCUT2D eigenvalue weighted by Gasteiger charge is 2.48. The number of hydrogen-bond donors (Lipinski definition) is 1. The van der Waals surface area contributed by atoms with Gasteiger partial charge in [0.2, 0.25) is 0 Å². The van der Waals surface area contributed by atoms with Gasteiger partial charge >= 0.3 is 0 Å². The monoisotopic (exact) mass is 155 g/mol. The SMILES string of the molecule is CN1C[C@H]1C1(O)CCCCC1. The second kappa shape index (κ2) is 2.46. The Morgan fingerprint density at radius 1 is 1.27 bits per heavy atom. The van der Waals surface area contributed by atoms with Gasteiger partial charge in [-0.3, -0.25) is 4.90 Å². The van der Waals surface area contributed by atoms with Gasteiger partial charge in [0, 0.05) is 6.54 Å². The van der Waals surface area contributed by atoms with Crippen LogP contribution in [0, 0.1) is 0 Å². The third kappa shape index (κ3) is 1.30. The summed E-state index contributed by atoms with van der Waals surface area (Å²) in [5.74, 6) is 0. The first-order chi connectivity index (χ1) is 5.22. The van der Waals surface area contributed by atoms with Crippen LogP contribution in [0.5, 0.6) is 0 Å². The van der Waals surface area contributed by atoms with E-state index < -0.39 is 0 Å². The van der Waals surface area contributed by atoms with Crippen molar-refractivity contribution in [1.29, 1.82) is 0 Å². The predicted molar refractivity (Wildman–Crippen MR) is 44.5 cm³/mol. The summed E-state index contributed by atoms with van der Waals surface area (Å²) in [4.78, 5) is 2.24. The summed E-state index contributed by atoms with van der Waals surface area (Å²) in [5, 5.41) is 10.1. The van der Waals surface area contributed by atoms with Crippen molar-refractivity contribution in [2.45, 2.75) is 43.7 Å². The summed E-state index contributed by atoms with van der Waals surface area (Å²) in [5.41, 5.74) is -0.312. The molecular weight excluding hydrogens is 138 g/mol. The third-order valence-electron chi connectivity index (χ3n) is 3.20. The van der Waals surface area contributed by atoms with Crippen LogP contribution in [0.2, 0.25) is 0 Å². The molecule has 2 nitrogen and oxygen atoms in total. The van der Waals surface area contributed by atoms with Crippen molar-refractivity contribution in [2.24, 2.45) is 0 Å². The Bertz CT molecular complexity index is 152. The first-order valence-corrected chi connectivity index (χ1v) is 4.65. The molecule has 1 aliphatic carbocycles. The van der Waals surface area contributed by atoms with Crippen molar-refractivity contribution in [1.82, 2.24) is 4.90 Å². The molecule has 11 heavy (non-hydrogen) atoms. The zero-order valence-corrected chi connectivity index (χ0v) is 7.21. The molecule has 0 amide bonds. The fourth-order valence-corrected chi connectivity index (χ4v) is 2.30. The molecule has 0 aromatic heterocycles. The topological polar surface area (TPSA) is 23.2 Å². The van der Waals surface area contributed by atoms with E-state index in [1.807, 2.05) is 0 Å². The van der Waals surface area contributed by atoms with Gasteiger partial charge in [0.15, 0.2) is 0 Å². The molecule has 2 heteroatoms. The normalized spacial score (nSPS) is 42.0. The van der Waals surface area contributed by atoms with Crippen LogP contribution in [0.1, 0.15) is 32.1 Å². The lowest BCUT2D eigenvalue weighted by Crippen LogP contribution is -2.38. The molecule has 1 saturated carbocycles. The summed E-state index contributed by atoms with van der Waals surface area (Å²) in [6.45, 7) is 1.11. The lowest BCUT2D eigenvalue weighted by atomic mass is 9.82. The summed E-state index contributed by atoms with van der Waals surface area (Å²) in [6, 6.07) is 0.489. The molecule has 1 unspecified atom stereocenters. The Hall–Kier alpha value is -0.0800. The van der Waals surface area contributed by atoms with Crippen LogP contribution < -0.4 is 0 Å². The second-order valence-electron chi connectivity index (χ2n) is 4.12. The molecule has 2 atom stereocenters. The fourth-order valence-electron chi connectivity index (χ4n) is 2.30. The maximum absolute atomic E-state index is 10.1. The van der Waals surface area contributed by atoms with Gasteiger partial charge in [-0.25, -0.2) is 0 Å². The van der Waals surface area contributed by atoms with Crippen LogP contribution in [0.25, 0.3) is 0 Å². The predicted octanol–water partition coefficient (Wildman–Crippen LogP) is 0.996. The molecule has 1 heterocycles. The minimum Gasteiger partial charge on any atom is -0.388 e. The molecule has 0 radical (unpaired) electrons. The quantitative estimate of drug-likeness (QED) is 0.571. The Balaban J connectivity index is 1.97. The van der Waals surface area contributed by atoms with E-state index in [0.717, 1.165) is 19.4 Å². The maximum atomic E-state index is 10.1. The molecule has 0 bridgehead atoms. The van der Waals surface area contributed by atoms with E-state index >= 15 is 0 Å². The van der Waals surface area contributed by atoms with Gasteiger partial charge in [-0.05, 0) is 19.9 Å². The van der Waals surface area contributed by atoms with Gasteiger partial charge in [0.05, 0.1) is 11.6 Å². The highest BCUT2D eigenvalue weighted by molar-refractivity contribution is 5.04. The third-order valence-corrected chi connectivity index (χ3v) is 3.20. The summed E-state index contributed by atoms with van der Waals surface area (Å²) in [6.07, 6.45) is 5.82. The average Bonchev–Trinajstić information content (AvgIpc) is 2.69. The molecule has 2 aliphatic rings. The van der Waals surface area contributed by atoms with Crippen LogP contribution in [0.3, 0.4) is 0 Å². The molecular formula is C9H17NO. The van der Waals surface area contributed by atoms with E-state index in [9.17, 15) is 5.11 Å². The zero-order chi connectivity index (χ0) is 7.90. The van der Waals surface area contributed by atoms with E-state index in [2.05, 4.69) is 11.9 Å². The molecule has 0 aromatic rings. The largest absolute Gasteiger partial charge is 0.388 e. The Labute approximate surface area is 68.2 Å². The van der Waals surface area contributed by atoms with Crippen molar-refractivity contribution in [2.75, 3.05) is 13.6 Å². The van der Waals surface area contributed by atoms with Crippen molar-refractivity contribution in [3.63, 3.8) is 0 Å². The van der Waals surface area contributed by atoms with Gasteiger partial charge in [0.25, 0.3) is 0 Å². The standard InChI is InChI=1S/C9H17NO/c1-10-7-8(10)9(11)5-3-2-4-6-9/h8,11H,2-7H2,1H3/t8-,10?/m0/s1. The summed E-state index contributed by atoms with van der Waals surface area (Å²) in [7, 11) is 2.09. The minimum atomic E-state index is -0.312. The Kier molecular flexibility index (Phi) is 1.69. The molecule has 0 aromatic carbocycles. The molecule has 2 fully saturated rings. The van der Waals surface area contributed by atoms with Gasteiger partial charge < -0.3 is 5.11 Å². The highest BCUT2D eigenvalue weighted by atomic mass is 16.3. The van der Waals surface area contributed by atoms with Gasteiger partial charge in [-0.15, -0.1) is 0 Å². The molecule has 1 N–H and O–H groups in total. The van der Waals surface area contributed by atoms with Crippen LogP contribution in [-0.4, -0.2) is 35.2 Å². The molecule has 2 rings (SSSR count). The molecule has 1 saturated heterocycles. The van der Waals surface area contributed by atoms with Crippen LogP contribution in [0.4, 0.5) is 0 Å². The Morgan fingerprint density at radius 2 is 1.82 bits per heavy atom. The number of likely N-dealkylation sites (N-methyl/N-ethyl adjacent to an activating group) is 1. The Morgan fingerprint density at radius 3 is 2.27 bits per heavy atom. The second-order valence-corrected chi connectivity index (χ2v) is 4.12. The van der Waals surface area contributed by atoms with Gasteiger partial charge in [0.1, 0.15) is 0 Å². The van der Waals surface area contributed by atoms with Crippen LogP contribution >= 0.6 is 0 Å². The van der Waals surface area contributed by atoms with E-state index in [-0.39, 0.29) is 5.60 Å². The summed E-state index contributed by atoms with van der Waals surface area (Å²) >= 11 is 0. The van der Waals surface area contributed by atoms with Crippen molar-refractivity contribution in [3.05, 3.63) is 0 Å². The van der Waals surface area contributed by atoms with Crippen molar-refractivity contribution >= 4 is 0 Å². The van der Waals surface area contributed by atoms with E-state index in [0.29, 0.717) is 6.04 Å². The van der Waals surface area contributed by atoms with E-state index in [4.69, 9.17) is 0 Å². The van der Waals surface area contributed by atoms with Crippen molar-refractivity contribution in [3.8, 4) is 0 Å². The molecule has 1 aliphatic heterocycles. The lowest BCUT2D eigenvalue weighted by Gasteiger charge is -2.31. The highest BCUT2D eigenvalue weighted by Crippen LogP contribution is 2.38. The first-order valence-electron chi connectivity index (χ1n) is 4.65. The van der Waals surface area contributed by atoms with Crippen LogP contribution in [0.15, 0.2) is 0 Å². The molecule has 0 spiro atoms. The number of nitrogens with zero attached hydrogens (tertiary/aromatic N) is 1. The van der Waals surface area contributed by atoms with E-state index in [1.165, 1.54) is 19.3 Å².